The second-order valence-electron chi connectivity index (χ2n) is 6.25. The summed E-state index contributed by atoms with van der Waals surface area (Å²) in [5.41, 5.74) is 1.36. The number of amides is 2. The van der Waals surface area contributed by atoms with Crippen molar-refractivity contribution >= 4 is 23.1 Å². The molecule has 0 saturated carbocycles. The molecule has 2 aromatic rings. The van der Waals surface area contributed by atoms with Crippen LogP contribution in [0.25, 0.3) is 5.57 Å². The zero-order chi connectivity index (χ0) is 18.8. The summed E-state index contributed by atoms with van der Waals surface area (Å²) < 4.78 is 19.0. The quantitative estimate of drug-likeness (QED) is 0.836. The summed E-state index contributed by atoms with van der Waals surface area (Å²) in [6.07, 6.45) is 0.0334. The number of hydrogen-bond donors (Lipinski definition) is 1. The first-order valence-electron chi connectivity index (χ1n) is 8.23. The van der Waals surface area contributed by atoms with Crippen LogP contribution in [-0.2, 0) is 9.59 Å². The fourth-order valence-electron chi connectivity index (χ4n) is 2.71. The normalized spacial score (nSPS) is 14.4. The van der Waals surface area contributed by atoms with Crippen LogP contribution in [0.15, 0.2) is 54.2 Å². The second kappa shape index (κ2) is 7.00. The lowest BCUT2D eigenvalue weighted by molar-refractivity contribution is -0.135. The number of halogens is 1. The van der Waals surface area contributed by atoms with Gasteiger partial charge in [-0.25, -0.2) is 4.39 Å². The van der Waals surface area contributed by atoms with E-state index in [1.807, 2.05) is 13.8 Å². The molecular weight excluding hydrogens is 335 g/mol. The maximum absolute atomic E-state index is 13.4. The zero-order valence-electron chi connectivity index (χ0n) is 14.7. The van der Waals surface area contributed by atoms with Gasteiger partial charge in [0.2, 0.25) is 0 Å². The maximum Gasteiger partial charge on any atom is 0.277 e. The smallest absolute Gasteiger partial charge is 0.277 e. The number of carbonyl (C=O) groups excluding carboxylic acids is 2. The van der Waals surface area contributed by atoms with Gasteiger partial charge in [-0.2, -0.15) is 0 Å². The molecule has 0 radical (unpaired) electrons. The summed E-state index contributed by atoms with van der Waals surface area (Å²) in [6, 6.07) is 12.7. The monoisotopic (exact) mass is 354 g/mol. The van der Waals surface area contributed by atoms with Gasteiger partial charge in [0, 0.05) is 12.7 Å². The molecule has 0 bridgehead atoms. The Morgan fingerprint density at radius 1 is 1.04 bits per heavy atom. The molecule has 1 aliphatic rings. The minimum atomic E-state index is -0.461. The number of nitrogens with one attached hydrogen (secondary N) is 1. The largest absolute Gasteiger partial charge is 0.491 e. The Labute approximate surface area is 151 Å². The lowest BCUT2D eigenvalue weighted by atomic mass is 10.0. The number of benzene rings is 2. The number of carbonyl (C=O) groups is 2. The molecule has 134 valence electrons. The van der Waals surface area contributed by atoms with Gasteiger partial charge in [0.15, 0.2) is 0 Å². The molecule has 0 atom stereocenters. The third-order valence-electron chi connectivity index (χ3n) is 3.90. The van der Waals surface area contributed by atoms with Crippen LogP contribution in [0.2, 0.25) is 0 Å². The van der Waals surface area contributed by atoms with Crippen LogP contribution in [0.1, 0.15) is 19.4 Å². The van der Waals surface area contributed by atoms with E-state index in [-0.39, 0.29) is 17.4 Å². The van der Waals surface area contributed by atoms with E-state index in [1.54, 1.807) is 30.3 Å². The fraction of sp³-hybridized carbons (Fsp3) is 0.200. The molecule has 1 heterocycles. The summed E-state index contributed by atoms with van der Waals surface area (Å²) >= 11 is 0. The molecule has 0 fully saturated rings. The third kappa shape index (κ3) is 3.44. The number of anilines is 1. The van der Waals surface area contributed by atoms with Crippen LogP contribution in [-0.4, -0.2) is 29.9 Å². The average molecular weight is 354 g/mol. The van der Waals surface area contributed by atoms with Gasteiger partial charge in [0.1, 0.15) is 17.3 Å². The van der Waals surface area contributed by atoms with Gasteiger partial charge in [0.25, 0.3) is 11.8 Å². The number of imide groups is 1. The molecule has 2 aromatic carbocycles. The highest BCUT2D eigenvalue weighted by Crippen LogP contribution is 2.30. The number of likely N-dealkylation sites (N-methyl/N-ethyl adjacent to an activating group) is 1. The number of ether oxygens (including phenoxy) is 1. The highest BCUT2D eigenvalue weighted by atomic mass is 19.1. The minimum Gasteiger partial charge on any atom is -0.491 e. The summed E-state index contributed by atoms with van der Waals surface area (Å²) in [7, 11) is 1.42. The first-order chi connectivity index (χ1) is 12.4. The lowest BCUT2D eigenvalue weighted by Crippen LogP contribution is -2.27. The van der Waals surface area contributed by atoms with E-state index in [0.717, 1.165) is 4.90 Å². The van der Waals surface area contributed by atoms with E-state index in [1.165, 1.54) is 25.2 Å². The van der Waals surface area contributed by atoms with Crippen molar-refractivity contribution in [3.63, 3.8) is 0 Å². The van der Waals surface area contributed by atoms with E-state index in [2.05, 4.69) is 5.32 Å². The van der Waals surface area contributed by atoms with Gasteiger partial charge in [-0.1, -0.05) is 18.2 Å². The molecule has 6 heteroatoms. The predicted octanol–water partition coefficient (Wildman–Crippen LogP) is 3.43. The van der Waals surface area contributed by atoms with Crippen LogP contribution in [0.5, 0.6) is 5.75 Å². The van der Waals surface area contributed by atoms with Crippen molar-refractivity contribution in [3.05, 3.63) is 65.6 Å². The summed E-state index contributed by atoms with van der Waals surface area (Å²) in [5.74, 6) is -0.630. The third-order valence-corrected chi connectivity index (χ3v) is 3.90. The van der Waals surface area contributed by atoms with Crippen LogP contribution in [0.4, 0.5) is 10.1 Å². The molecule has 0 saturated heterocycles. The number of hydrogen-bond acceptors (Lipinski definition) is 4. The maximum atomic E-state index is 13.4. The Hall–Kier alpha value is -3.15. The van der Waals surface area contributed by atoms with Crippen molar-refractivity contribution in [1.82, 2.24) is 4.90 Å². The molecule has 3 rings (SSSR count). The Morgan fingerprint density at radius 3 is 2.35 bits per heavy atom. The standard InChI is InChI=1S/C20H19FN2O3/c1-12(2)26-16-9-7-13(8-10-16)17-18(20(25)23(3)19(17)24)22-15-6-4-5-14(21)11-15/h4-12,22H,1-3H3. The predicted molar refractivity (Wildman–Crippen MR) is 96.9 cm³/mol. The van der Waals surface area contributed by atoms with Gasteiger partial charge in [-0.15, -0.1) is 0 Å². The van der Waals surface area contributed by atoms with E-state index in [4.69, 9.17) is 4.74 Å². The molecule has 5 nitrogen and oxygen atoms in total. The van der Waals surface area contributed by atoms with E-state index < -0.39 is 17.6 Å². The van der Waals surface area contributed by atoms with Crippen molar-refractivity contribution in [1.29, 1.82) is 0 Å². The molecule has 0 aliphatic carbocycles. The SMILES string of the molecule is CC(C)Oc1ccc(C2=C(Nc3cccc(F)c3)C(=O)N(C)C2=O)cc1. The van der Waals surface area contributed by atoms with Crippen LogP contribution in [0.3, 0.4) is 0 Å². The molecule has 0 aromatic heterocycles. The van der Waals surface area contributed by atoms with Gasteiger partial charge in [-0.3, -0.25) is 14.5 Å². The summed E-state index contributed by atoms with van der Waals surface area (Å²) in [4.78, 5) is 26.1. The first-order valence-corrected chi connectivity index (χ1v) is 8.23. The van der Waals surface area contributed by atoms with Crippen LogP contribution >= 0.6 is 0 Å². The highest BCUT2D eigenvalue weighted by Gasteiger charge is 2.36. The van der Waals surface area contributed by atoms with Crippen molar-refractivity contribution in [3.8, 4) is 5.75 Å². The Bertz CT molecular complexity index is 888. The van der Waals surface area contributed by atoms with Gasteiger partial charge >= 0.3 is 0 Å². The average Bonchev–Trinajstić information content (AvgIpc) is 2.80. The number of rotatable bonds is 5. The molecular formula is C20H19FN2O3. The first kappa shape index (κ1) is 17.7. The van der Waals surface area contributed by atoms with Gasteiger partial charge in [0.05, 0.1) is 11.7 Å². The molecule has 1 N–H and O–H groups in total. The molecule has 0 unspecified atom stereocenters. The van der Waals surface area contributed by atoms with Crippen molar-refractivity contribution < 1.29 is 18.7 Å². The van der Waals surface area contributed by atoms with Gasteiger partial charge < -0.3 is 10.1 Å². The Balaban J connectivity index is 2.00. The topological polar surface area (TPSA) is 58.6 Å². The van der Waals surface area contributed by atoms with E-state index >= 15 is 0 Å². The van der Waals surface area contributed by atoms with Crippen LogP contribution in [0, 0.1) is 5.82 Å². The Morgan fingerprint density at radius 2 is 1.73 bits per heavy atom. The highest BCUT2D eigenvalue weighted by molar-refractivity contribution is 6.36. The van der Waals surface area contributed by atoms with E-state index in [0.29, 0.717) is 17.0 Å². The minimum absolute atomic E-state index is 0.0334. The zero-order valence-corrected chi connectivity index (χ0v) is 14.7. The molecule has 26 heavy (non-hydrogen) atoms. The van der Waals surface area contributed by atoms with Crippen molar-refractivity contribution in [2.45, 2.75) is 20.0 Å². The van der Waals surface area contributed by atoms with Gasteiger partial charge in [-0.05, 0) is 49.7 Å². The molecule has 0 spiro atoms. The second-order valence-corrected chi connectivity index (χ2v) is 6.25. The van der Waals surface area contributed by atoms with E-state index in [9.17, 15) is 14.0 Å². The number of nitrogens with zero attached hydrogens (tertiary/aromatic N) is 1. The molecule has 2 amide bonds. The lowest BCUT2D eigenvalue weighted by Gasteiger charge is -2.11. The van der Waals surface area contributed by atoms with Crippen molar-refractivity contribution in [2.24, 2.45) is 0 Å². The summed E-state index contributed by atoms with van der Waals surface area (Å²) in [6.45, 7) is 3.84. The Kier molecular flexibility index (Phi) is 4.75. The summed E-state index contributed by atoms with van der Waals surface area (Å²) in [5, 5.41) is 2.88. The molecule has 1 aliphatic heterocycles. The fourth-order valence-corrected chi connectivity index (χ4v) is 2.71. The van der Waals surface area contributed by atoms with Crippen LogP contribution < -0.4 is 10.1 Å². The van der Waals surface area contributed by atoms with Crippen molar-refractivity contribution in [2.75, 3.05) is 12.4 Å².